The Bertz CT molecular complexity index is 443. The first-order valence-corrected chi connectivity index (χ1v) is 5.27. The Morgan fingerprint density at radius 3 is 2.94 bits per heavy atom. The number of ether oxygens (including phenoxy) is 1. The third-order valence-corrected chi connectivity index (χ3v) is 2.27. The Morgan fingerprint density at radius 1 is 1.53 bits per heavy atom. The fraction of sp³-hybridized carbons (Fsp3) is 0.364. The molecule has 1 amide bonds. The largest absolute Gasteiger partial charge is 0.481 e. The number of carboxylic acids is 1. The molecule has 6 heteroatoms. The van der Waals surface area contributed by atoms with E-state index in [0.29, 0.717) is 0 Å². The van der Waals surface area contributed by atoms with Crippen molar-refractivity contribution >= 4 is 11.9 Å². The van der Waals surface area contributed by atoms with Gasteiger partial charge in [0, 0.05) is 12.2 Å². The van der Waals surface area contributed by atoms with Gasteiger partial charge in [0.25, 0.3) is 5.91 Å². The highest BCUT2D eigenvalue weighted by Crippen LogP contribution is 2.19. The number of carboxylic acid groups (broad SMARTS) is 1. The van der Waals surface area contributed by atoms with Crippen molar-refractivity contribution in [3.63, 3.8) is 0 Å². The average Bonchev–Trinajstić information content (AvgIpc) is 3.10. The Balaban J connectivity index is 1.93. The summed E-state index contributed by atoms with van der Waals surface area (Å²) in [5, 5.41) is 11.6. The summed E-state index contributed by atoms with van der Waals surface area (Å²) in [5.74, 6) is -1.32. The van der Waals surface area contributed by atoms with E-state index in [1.807, 2.05) is 0 Å². The molecule has 1 aromatic heterocycles. The Kier molecular flexibility index (Phi) is 3.22. The van der Waals surface area contributed by atoms with Crippen LogP contribution in [0.4, 0.5) is 0 Å². The Labute approximate surface area is 97.6 Å². The Hall–Kier alpha value is -2.11. The van der Waals surface area contributed by atoms with Crippen molar-refractivity contribution in [2.75, 3.05) is 6.61 Å². The number of amides is 1. The summed E-state index contributed by atoms with van der Waals surface area (Å²) < 4.78 is 5.13. The van der Waals surface area contributed by atoms with Gasteiger partial charge in [-0.2, -0.15) is 0 Å². The smallest absolute Gasteiger partial charge is 0.358 e. The van der Waals surface area contributed by atoms with Gasteiger partial charge in [-0.25, -0.2) is 9.78 Å². The van der Waals surface area contributed by atoms with Gasteiger partial charge in [-0.15, -0.1) is 0 Å². The lowest BCUT2D eigenvalue weighted by Crippen LogP contribution is -2.30. The van der Waals surface area contributed by atoms with Crippen LogP contribution in [0.1, 0.15) is 23.3 Å². The highest BCUT2D eigenvalue weighted by atomic mass is 16.5. The highest BCUT2D eigenvalue weighted by molar-refractivity contribution is 5.88. The number of hydrogen-bond donors (Lipinski definition) is 2. The minimum atomic E-state index is -1.18. The molecule has 1 aromatic rings. The summed E-state index contributed by atoms with van der Waals surface area (Å²) in [4.78, 5) is 25.8. The molecule has 1 aliphatic rings. The fourth-order valence-corrected chi connectivity index (χ4v) is 1.31. The molecule has 0 radical (unpaired) electrons. The lowest BCUT2D eigenvalue weighted by atomic mass is 10.3. The molecule has 1 fully saturated rings. The van der Waals surface area contributed by atoms with Gasteiger partial charge in [0.05, 0.1) is 0 Å². The van der Waals surface area contributed by atoms with E-state index in [1.165, 1.54) is 12.3 Å². The first-order chi connectivity index (χ1) is 8.16. The van der Waals surface area contributed by atoms with Gasteiger partial charge >= 0.3 is 5.97 Å². The van der Waals surface area contributed by atoms with Crippen molar-refractivity contribution in [1.82, 2.24) is 10.3 Å². The highest BCUT2D eigenvalue weighted by Gasteiger charge is 2.23. The molecule has 1 aliphatic carbocycles. The summed E-state index contributed by atoms with van der Waals surface area (Å²) in [5.41, 5.74) is -0.188. The molecule has 90 valence electrons. The van der Waals surface area contributed by atoms with E-state index in [9.17, 15) is 9.59 Å². The van der Waals surface area contributed by atoms with E-state index in [4.69, 9.17) is 9.84 Å². The molecule has 0 aromatic carbocycles. The molecular weight excluding hydrogens is 224 g/mol. The molecule has 2 N–H and O–H groups in total. The van der Waals surface area contributed by atoms with Crippen LogP contribution in [0, 0.1) is 0 Å². The molecule has 1 saturated carbocycles. The summed E-state index contributed by atoms with van der Waals surface area (Å²) >= 11 is 0. The van der Waals surface area contributed by atoms with E-state index in [1.54, 1.807) is 6.07 Å². The molecule has 17 heavy (non-hydrogen) atoms. The fourth-order valence-electron chi connectivity index (χ4n) is 1.31. The van der Waals surface area contributed by atoms with Crippen LogP contribution < -0.4 is 10.1 Å². The predicted molar refractivity (Wildman–Crippen MR) is 57.9 cm³/mol. The third-order valence-electron chi connectivity index (χ3n) is 2.27. The topological polar surface area (TPSA) is 88.5 Å². The van der Waals surface area contributed by atoms with Gasteiger partial charge < -0.3 is 15.2 Å². The van der Waals surface area contributed by atoms with Crippen molar-refractivity contribution < 1.29 is 19.4 Å². The number of hydrogen-bond acceptors (Lipinski definition) is 4. The minimum absolute atomic E-state index is 0.103. The second kappa shape index (κ2) is 4.82. The first kappa shape index (κ1) is 11.4. The van der Waals surface area contributed by atoms with E-state index < -0.39 is 5.97 Å². The molecule has 0 unspecified atom stereocenters. The van der Waals surface area contributed by atoms with Crippen LogP contribution >= 0.6 is 0 Å². The van der Waals surface area contributed by atoms with Crippen molar-refractivity contribution in [2.24, 2.45) is 0 Å². The monoisotopic (exact) mass is 236 g/mol. The lowest BCUT2D eigenvalue weighted by Gasteiger charge is -2.08. The van der Waals surface area contributed by atoms with Gasteiger partial charge in [-0.05, 0) is 25.0 Å². The third kappa shape index (κ3) is 3.17. The average molecular weight is 236 g/mol. The van der Waals surface area contributed by atoms with Crippen LogP contribution in [0.15, 0.2) is 18.3 Å². The van der Waals surface area contributed by atoms with Crippen LogP contribution in [-0.4, -0.2) is 34.6 Å². The maximum Gasteiger partial charge on any atom is 0.358 e. The van der Waals surface area contributed by atoms with E-state index in [0.717, 1.165) is 12.8 Å². The normalized spacial score (nSPS) is 14.1. The van der Waals surface area contributed by atoms with Crippen LogP contribution in [0.2, 0.25) is 0 Å². The van der Waals surface area contributed by atoms with E-state index in [-0.39, 0.29) is 30.0 Å². The zero-order valence-electron chi connectivity index (χ0n) is 9.05. The molecule has 0 aliphatic heterocycles. The predicted octanol–water partition coefficient (Wildman–Crippen LogP) is 0.437. The summed E-state index contributed by atoms with van der Waals surface area (Å²) in [6.07, 6.45) is 3.36. The standard InChI is InChI=1S/C11H12N2O4/c14-9(13-7-3-4-7)6-17-8-2-1-5-12-10(8)11(15)16/h1-2,5,7H,3-4,6H2,(H,13,14)(H,15,16). The number of carbonyl (C=O) groups is 2. The summed E-state index contributed by atoms with van der Waals surface area (Å²) in [7, 11) is 0. The Morgan fingerprint density at radius 2 is 2.29 bits per heavy atom. The van der Waals surface area contributed by atoms with Crippen molar-refractivity contribution in [3.8, 4) is 5.75 Å². The summed E-state index contributed by atoms with van der Waals surface area (Å²) in [6, 6.07) is 3.29. The number of rotatable bonds is 5. The molecule has 0 bridgehead atoms. The number of aromatic nitrogens is 1. The quantitative estimate of drug-likeness (QED) is 0.774. The second-order valence-corrected chi connectivity index (χ2v) is 3.79. The van der Waals surface area contributed by atoms with Crippen molar-refractivity contribution in [2.45, 2.75) is 18.9 Å². The van der Waals surface area contributed by atoms with Crippen LogP contribution in [0.3, 0.4) is 0 Å². The maximum absolute atomic E-state index is 11.3. The van der Waals surface area contributed by atoms with Crippen LogP contribution in [0.25, 0.3) is 0 Å². The van der Waals surface area contributed by atoms with E-state index >= 15 is 0 Å². The van der Waals surface area contributed by atoms with Crippen LogP contribution in [-0.2, 0) is 4.79 Å². The summed E-state index contributed by atoms with van der Waals surface area (Å²) in [6.45, 7) is -0.192. The number of pyridine rings is 1. The van der Waals surface area contributed by atoms with Gasteiger partial charge in [0.1, 0.15) is 0 Å². The molecule has 1 heterocycles. The van der Waals surface area contributed by atoms with Crippen LogP contribution in [0.5, 0.6) is 5.75 Å². The number of nitrogens with one attached hydrogen (secondary N) is 1. The molecule has 0 saturated heterocycles. The molecular formula is C11H12N2O4. The van der Waals surface area contributed by atoms with Gasteiger partial charge in [0.2, 0.25) is 0 Å². The maximum atomic E-state index is 11.3. The molecule has 0 atom stereocenters. The van der Waals surface area contributed by atoms with Crippen molar-refractivity contribution in [1.29, 1.82) is 0 Å². The minimum Gasteiger partial charge on any atom is -0.481 e. The van der Waals surface area contributed by atoms with Crippen molar-refractivity contribution in [3.05, 3.63) is 24.0 Å². The second-order valence-electron chi connectivity index (χ2n) is 3.79. The zero-order chi connectivity index (χ0) is 12.3. The zero-order valence-corrected chi connectivity index (χ0v) is 9.05. The number of aromatic carboxylic acids is 1. The number of carbonyl (C=O) groups excluding carboxylic acids is 1. The van der Waals surface area contributed by atoms with Gasteiger partial charge in [-0.1, -0.05) is 0 Å². The first-order valence-electron chi connectivity index (χ1n) is 5.27. The molecule has 0 spiro atoms. The van der Waals surface area contributed by atoms with Gasteiger partial charge in [-0.3, -0.25) is 4.79 Å². The van der Waals surface area contributed by atoms with Gasteiger partial charge in [0.15, 0.2) is 18.1 Å². The molecule has 6 nitrogen and oxygen atoms in total. The SMILES string of the molecule is O=C(COc1cccnc1C(=O)O)NC1CC1. The lowest BCUT2D eigenvalue weighted by molar-refractivity contribution is -0.123. The van der Waals surface area contributed by atoms with E-state index in [2.05, 4.69) is 10.3 Å². The number of nitrogens with zero attached hydrogens (tertiary/aromatic N) is 1. The molecule has 2 rings (SSSR count).